The Morgan fingerprint density at radius 2 is 2.31 bits per heavy atom. The van der Waals surface area contributed by atoms with E-state index >= 15 is 0 Å². The monoisotopic (exact) mass is 246 g/mol. The summed E-state index contributed by atoms with van der Waals surface area (Å²) in [5.74, 6) is -0.417. The Labute approximate surface area is 96.0 Å². The van der Waals surface area contributed by atoms with Crippen molar-refractivity contribution in [1.82, 2.24) is 5.32 Å². The fourth-order valence-corrected chi connectivity index (χ4v) is 2.91. The molecular weight excluding hydrogens is 228 g/mol. The lowest BCUT2D eigenvalue weighted by Gasteiger charge is -2.16. The standard InChI is InChI=1S/C10H18N2O3S/c1-2-3-8(6-11)10(13)12-9-4-5-16(14,15)7-9/h4-5,8-9H,2-3,6-7,11H2,1H3,(H,12,13). The van der Waals surface area contributed by atoms with Crippen molar-refractivity contribution in [3.05, 3.63) is 11.5 Å². The summed E-state index contributed by atoms with van der Waals surface area (Å²) < 4.78 is 22.2. The summed E-state index contributed by atoms with van der Waals surface area (Å²) in [6, 6.07) is -0.400. The summed E-state index contributed by atoms with van der Waals surface area (Å²) in [6.45, 7) is 2.28. The smallest absolute Gasteiger partial charge is 0.224 e. The normalized spacial score (nSPS) is 24.2. The molecule has 3 N–H and O–H groups in total. The van der Waals surface area contributed by atoms with E-state index in [1.165, 1.54) is 6.08 Å². The van der Waals surface area contributed by atoms with Crippen molar-refractivity contribution in [3.8, 4) is 0 Å². The number of hydrogen-bond donors (Lipinski definition) is 2. The van der Waals surface area contributed by atoms with E-state index in [0.717, 1.165) is 18.2 Å². The molecule has 5 nitrogen and oxygen atoms in total. The molecule has 1 heterocycles. The van der Waals surface area contributed by atoms with Crippen LogP contribution in [0.3, 0.4) is 0 Å². The Kier molecular flexibility index (Phi) is 4.49. The Morgan fingerprint density at radius 3 is 2.75 bits per heavy atom. The molecule has 0 saturated carbocycles. The van der Waals surface area contributed by atoms with Crippen LogP contribution in [0.4, 0.5) is 0 Å². The van der Waals surface area contributed by atoms with Gasteiger partial charge in [-0.3, -0.25) is 4.79 Å². The lowest BCUT2D eigenvalue weighted by atomic mass is 10.0. The van der Waals surface area contributed by atoms with Crippen molar-refractivity contribution in [1.29, 1.82) is 0 Å². The first-order valence-electron chi connectivity index (χ1n) is 5.40. The minimum absolute atomic E-state index is 0.0395. The summed E-state index contributed by atoms with van der Waals surface area (Å²) in [4.78, 5) is 11.7. The zero-order valence-electron chi connectivity index (χ0n) is 9.35. The highest BCUT2D eigenvalue weighted by molar-refractivity contribution is 7.94. The van der Waals surface area contributed by atoms with Gasteiger partial charge in [0.2, 0.25) is 5.91 Å². The van der Waals surface area contributed by atoms with Crippen LogP contribution in [-0.2, 0) is 14.6 Å². The number of amides is 1. The van der Waals surface area contributed by atoms with E-state index < -0.39 is 15.9 Å². The lowest BCUT2D eigenvalue weighted by molar-refractivity contribution is -0.125. The van der Waals surface area contributed by atoms with Gasteiger partial charge >= 0.3 is 0 Å². The van der Waals surface area contributed by atoms with Crippen LogP contribution >= 0.6 is 0 Å². The number of nitrogens with two attached hydrogens (primary N) is 1. The molecule has 6 heteroatoms. The van der Waals surface area contributed by atoms with Crippen LogP contribution in [0.15, 0.2) is 11.5 Å². The molecule has 1 aliphatic rings. The van der Waals surface area contributed by atoms with Crippen LogP contribution in [0.2, 0.25) is 0 Å². The number of carbonyl (C=O) groups excluding carboxylic acids is 1. The number of sulfone groups is 1. The quantitative estimate of drug-likeness (QED) is 0.702. The maximum absolute atomic E-state index is 11.7. The largest absolute Gasteiger partial charge is 0.349 e. The van der Waals surface area contributed by atoms with Gasteiger partial charge in [0.1, 0.15) is 0 Å². The molecule has 0 fully saturated rings. The molecule has 2 unspecified atom stereocenters. The summed E-state index contributed by atoms with van der Waals surface area (Å²) in [5.41, 5.74) is 5.49. The Bertz CT molecular complexity index is 376. The van der Waals surface area contributed by atoms with Crippen molar-refractivity contribution in [2.45, 2.75) is 25.8 Å². The predicted molar refractivity (Wildman–Crippen MR) is 62.3 cm³/mol. The van der Waals surface area contributed by atoms with Gasteiger partial charge in [0.25, 0.3) is 0 Å². The van der Waals surface area contributed by atoms with Crippen molar-refractivity contribution in [2.75, 3.05) is 12.3 Å². The predicted octanol–water partition coefficient (Wildman–Crippen LogP) is -0.212. The van der Waals surface area contributed by atoms with Gasteiger partial charge in [-0.25, -0.2) is 8.42 Å². The molecule has 0 aromatic heterocycles. The van der Waals surface area contributed by atoms with Gasteiger partial charge in [0.05, 0.1) is 17.7 Å². The molecule has 0 saturated heterocycles. The van der Waals surface area contributed by atoms with Gasteiger partial charge in [-0.1, -0.05) is 13.3 Å². The average molecular weight is 246 g/mol. The minimum atomic E-state index is -3.11. The number of carbonyl (C=O) groups is 1. The van der Waals surface area contributed by atoms with Crippen LogP contribution in [0, 0.1) is 5.92 Å². The highest BCUT2D eigenvalue weighted by Gasteiger charge is 2.25. The Hall–Kier alpha value is -0.880. The topological polar surface area (TPSA) is 89.3 Å². The van der Waals surface area contributed by atoms with Crippen LogP contribution in [-0.4, -0.2) is 32.7 Å². The van der Waals surface area contributed by atoms with Crippen molar-refractivity contribution in [3.63, 3.8) is 0 Å². The first-order valence-corrected chi connectivity index (χ1v) is 7.11. The van der Waals surface area contributed by atoms with Crippen LogP contribution in [0.1, 0.15) is 19.8 Å². The van der Waals surface area contributed by atoms with Crippen molar-refractivity contribution < 1.29 is 13.2 Å². The average Bonchev–Trinajstić information content (AvgIpc) is 2.54. The molecule has 0 bridgehead atoms. The van der Waals surface area contributed by atoms with E-state index in [9.17, 15) is 13.2 Å². The maximum atomic E-state index is 11.7. The molecule has 92 valence electrons. The first-order chi connectivity index (χ1) is 7.48. The number of rotatable bonds is 5. The third-order valence-corrected chi connectivity index (χ3v) is 3.95. The summed E-state index contributed by atoms with van der Waals surface area (Å²) in [6.07, 6.45) is 3.12. The molecule has 2 atom stereocenters. The minimum Gasteiger partial charge on any atom is -0.349 e. The fraction of sp³-hybridized carbons (Fsp3) is 0.700. The van der Waals surface area contributed by atoms with Gasteiger partial charge in [0.15, 0.2) is 9.84 Å². The van der Waals surface area contributed by atoms with Crippen LogP contribution in [0.25, 0.3) is 0 Å². The zero-order valence-corrected chi connectivity index (χ0v) is 10.2. The molecule has 0 radical (unpaired) electrons. The van der Waals surface area contributed by atoms with Crippen molar-refractivity contribution >= 4 is 15.7 Å². The SMILES string of the molecule is CCCC(CN)C(=O)NC1C=CS(=O)(=O)C1. The number of nitrogens with one attached hydrogen (secondary N) is 1. The first kappa shape index (κ1) is 13.2. The van der Waals surface area contributed by atoms with E-state index in [1.807, 2.05) is 6.92 Å². The molecule has 0 aliphatic carbocycles. The Balaban J connectivity index is 2.49. The number of hydrogen-bond acceptors (Lipinski definition) is 4. The summed E-state index contributed by atoms with van der Waals surface area (Å²) in [7, 11) is -3.11. The van der Waals surface area contributed by atoms with Crippen LogP contribution < -0.4 is 11.1 Å². The Morgan fingerprint density at radius 1 is 1.62 bits per heavy atom. The van der Waals surface area contributed by atoms with Gasteiger partial charge in [-0.05, 0) is 12.5 Å². The molecule has 1 aliphatic heterocycles. The second-order valence-electron chi connectivity index (χ2n) is 3.99. The van der Waals surface area contributed by atoms with Gasteiger partial charge in [-0.2, -0.15) is 0 Å². The molecule has 1 rings (SSSR count). The zero-order chi connectivity index (χ0) is 12.2. The molecule has 1 amide bonds. The molecular formula is C10H18N2O3S. The van der Waals surface area contributed by atoms with Gasteiger partial charge < -0.3 is 11.1 Å². The highest BCUT2D eigenvalue weighted by Crippen LogP contribution is 2.10. The van der Waals surface area contributed by atoms with E-state index in [2.05, 4.69) is 5.32 Å². The fourth-order valence-electron chi connectivity index (χ4n) is 1.67. The van der Waals surface area contributed by atoms with E-state index in [-0.39, 0.29) is 17.6 Å². The third-order valence-electron chi connectivity index (χ3n) is 2.55. The summed E-state index contributed by atoms with van der Waals surface area (Å²) >= 11 is 0. The molecule has 0 aromatic carbocycles. The van der Waals surface area contributed by atoms with Gasteiger partial charge in [-0.15, -0.1) is 0 Å². The van der Waals surface area contributed by atoms with Gasteiger partial charge in [0, 0.05) is 12.0 Å². The lowest BCUT2D eigenvalue weighted by Crippen LogP contribution is -2.41. The third kappa shape index (κ3) is 3.61. The highest BCUT2D eigenvalue weighted by atomic mass is 32.2. The second kappa shape index (κ2) is 5.45. The van der Waals surface area contributed by atoms with E-state index in [4.69, 9.17) is 5.73 Å². The van der Waals surface area contributed by atoms with E-state index in [1.54, 1.807) is 0 Å². The molecule has 0 spiro atoms. The van der Waals surface area contributed by atoms with Crippen molar-refractivity contribution in [2.24, 2.45) is 11.7 Å². The second-order valence-corrected chi connectivity index (χ2v) is 5.93. The summed E-state index contributed by atoms with van der Waals surface area (Å²) in [5, 5.41) is 3.83. The maximum Gasteiger partial charge on any atom is 0.224 e. The van der Waals surface area contributed by atoms with E-state index in [0.29, 0.717) is 6.54 Å². The van der Waals surface area contributed by atoms with Crippen LogP contribution in [0.5, 0.6) is 0 Å². The molecule has 16 heavy (non-hydrogen) atoms. The molecule has 0 aromatic rings.